The van der Waals surface area contributed by atoms with Crippen LogP contribution in [0.3, 0.4) is 0 Å². The quantitative estimate of drug-likeness (QED) is 0.721. The minimum atomic E-state index is -4.00. The van der Waals surface area contributed by atoms with Crippen LogP contribution in [0.4, 0.5) is 5.82 Å². The smallest absolute Gasteiger partial charge is 0.277 e. The van der Waals surface area contributed by atoms with Gasteiger partial charge in [-0.1, -0.05) is 18.2 Å². The fourth-order valence-electron chi connectivity index (χ4n) is 2.50. The summed E-state index contributed by atoms with van der Waals surface area (Å²) in [6.45, 7) is 0. The molecule has 0 saturated carbocycles. The molecule has 134 valence electrons. The number of pyridine rings is 1. The Bertz CT molecular complexity index is 1060. The molecule has 1 aliphatic heterocycles. The standard InChI is InChI=1S/C16H14N4O5S/c1-20-13(14(21)9-5-2-3-7-11(9)26(20,24)25)16(23)19-12-8-4-6-10(18-12)15(17)22/h2-8,21H,1H3,(H2,17,22)(H,18,19,23). The molecule has 0 bridgehead atoms. The number of nitrogens with zero attached hydrogens (tertiary/aromatic N) is 2. The Morgan fingerprint density at radius 2 is 1.85 bits per heavy atom. The van der Waals surface area contributed by atoms with Gasteiger partial charge in [0, 0.05) is 12.6 Å². The second-order valence-electron chi connectivity index (χ2n) is 5.39. The minimum Gasteiger partial charge on any atom is -0.505 e. The van der Waals surface area contributed by atoms with E-state index in [2.05, 4.69) is 10.3 Å². The zero-order valence-corrected chi connectivity index (χ0v) is 14.3. The predicted molar refractivity (Wildman–Crippen MR) is 92.3 cm³/mol. The van der Waals surface area contributed by atoms with Crippen LogP contribution in [0.15, 0.2) is 53.1 Å². The first kappa shape index (κ1) is 17.4. The van der Waals surface area contributed by atoms with Gasteiger partial charge in [-0.3, -0.25) is 13.9 Å². The number of rotatable bonds is 3. The summed E-state index contributed by atoms with van der Waals surface area (Å²) in [4.78, 5) is 27.5. The van der Waals surface area contributed by atoms with Crippen LogP contribution in [0.1, 0.15) is 16.1 Å². The molecule has 2 heterocycles. The van der Waals surface area contributed by atoms with Gasteiger partial charge >= 0.3 is 0 Å². The second kappa shape index (κ2) is 6.15. The Morgan fingerprint density at radius 1 is 1.15 bits per heavy atom. The summed E-state index contributed by atoms with van der Waals surface area (Å²) in [5.41, 5.74) is 4.62. The number of nitrogens with one attached hydrogen (secondary N) is 1. The normalized spacial score (nSPS) is 15.3. The molecule has 1 aromatic carbocycles. The van der Waals surface area contributed by atoms with Gasteiger partial charge in [0.1, 0.15) is 11.5 Å². The van der Waals surface area contributed by atoms with E-state index >= 15 is 0 Å². The van der Waals surface area contributed by atoms with Crippen LogP contribution in [-0.2, 0) is 14.8 Å². The Hall–Kier alpha value is -3.40. The highest BCUT2D eigenvalue weighted by atomic mass is 32.2. The molecule has 0 fully saturated rings. The topological polar surface area (TPSA) is 143 Å². The number of benzene rings is 1. The van der Waals surface area contributed by atoms with Crippen LogP contribution in [0, 0.1) is 0 Å². The monoisotopic (exact) mass is 374 g/mol. The summed E-state index contributed by atoms with van der Waals surface area (Å²) in [5, 5.41) is 12.8. The van der Waals surface area contributed by atoms with Crippen LogP contribution in [0.5, 0.6) is 0 Å². The zero-order valence-electron chi connectivity index (χ0n) is 13.5. The number of hydrogen-bond acceptors (Lipinski definition) is 6. The molecule has 10 heteroatoms. The van der Waals surface area contributed by atoms with E-state index < -0.39 is 33.3 Å². The highest BCUT2D eigenvalue weighted by Gasteiger charge is 2.37. The van der Waals surface area contributed by atoms with Crippen molar-refractivity contribution in [3.8, 4) is 0 Å². The average molecular weight is 374 g/mol. The van der Waals surface area contributed by atoms with Crippen LogP contribution in [0.2, 0.25) is 0 Å². The van der Waals surface area contributed by atoms with Crippen molar-refractivity contribution in [2.75, 3.05) is 12.4 Å². The van der Waals surface area contributed by atoms with E-state index in [4.69, 9.17) is 5.73 Å². The van der Waals surface area contributed by atoms with E-state index in [9.17, 15) is 23.1 Å². The summed E-state index contributed by atoms with van der Waals surface area (Å²) >= 11 is 0. The molecule has 0 saturated heterocycles. The summed E-state index contributed by atoms with van der Waals surface area (Å²) in [6, 6.07) is 10.0. The van der Waals surface area contributed by atoms with Crippen LogP contribution in [-0.4, -0.2) is 41.7 Å². The van der Waals surface area contributed by atoms with E-state index in [1.807, 2.05) is 0 Å². The number of aromatic nitrogens is 1. The van der Waals surface area contributed by atoms with E-state index in [1.54, 1.807) is 6.07 Å². The Kier molecular flexibility index (Phi) is 4.12. The number of fused-ring (bicyclic) bond motifs is 1. The first-order valence-corrected chi connectivity index (χ1v) is 8.77. The Labute approximate surface area is 148 Å². The number of aliphatic hydroxyl groups is 1. The highest BCUT2D eigenvalue weighted by molar-refractivity contribution is 7.89. The number of primary amides is 1. The maximum absolute atomic E-state index is 12.6. The number of nitrogens with two attached hydrogens (primary N) is 1. The van der Waals surface area contributed by atoms with Gasteiger partial charge in [-0.15, -0.1) is 0 Å². The molecule has 1 aromatic heterocycles. The van der Waals surface area contributed by atoms with E-state index in [-0.39, 0.29) is 22.0 Å². The molecule has 0 unspecified atom stereocenters. The van der Waals surface area contributed by atoms with Gasteiger partial charge in [0.15, 0.2) is 11.5 Å². The molecule has 3 rings (SSSR count). The molecule has 1 aliphatic rings. The number of amides is 2. The van der Waals surface area contributed by atoms with Crippen molar-refractivity contribution in [1.29, 1.82) is 0 Å². The second-order valence-corrected chi connectivity index (χ2v) is 7.33. The van der Waals surface area contributed by atoms with Gasteiger partial charge in [0.05, 0.1) is 4.90 Å². The molecular weight excluding hydrogens is 360 g/mol. The van der Waals surface area contributed by atoms with E-state index in [0.717, 1.165) is 7.05 Å². The van der Waals surface area contributed by atoms with Crippen molar-refractivity contribution in [1.82, 2.24) is 9.29 Å². The van der Waals surface area contributed by atoms with Crippen molar-refractivity contribution in [2.24, 2.45) is 5.73 Å². The molecule has 4 N–H and O–H groups in total. The first-order chi connectivity index (χ1) is 12.2. The van der Waals surface area contributed by atoms with Gasteiger partial charge in [0.2, 0.25) is 0 Å². The van der Waals surface area contributed by atoms with Crippen LogP contribution >= 0.6 is 0 Å². The molecule has 9 nitrogen and oxygen atoms in total. The molecule has 0 spiro atoms. The third kappa shape index (κ3) is 2.75. The SMILES string of the molecule is CN1C(C(=O)Nc2cccc(C(N)=O)n2)=C(O)c2ccccc2S1(=O)=O. The number of hydrogen-bond donors (Lipinski definition) is 3. The molecule has 0 radical (unpaired) electrons. The number of carbonyl (C=O) groups excluding carboxylic acids is 2. The zero-order chi connectivity index (χ0) is 19.1. The van der Waals surface area contributed by atoms with Crippen molar-refractivity contribution in [3.63, 3.8) is 0 Å². The van der Waals surface area contributed by atoms with Crippen LogP contribution in [0.25, 0.3) is 5.76 Å². The van der Waals surface area contributed by atoms with E-state index in [0.29, 0.717) is 4.31 Å². The number of aliphatic hydroxyl groups excluding tert-OH is 1. The molecule has 2 amide bonds. The lowest BCUT2D eigenvalue weighted by Gasteiger charge is -2.28. The fraction of sp³-hybridized carbons (Fsp3) is 0.0625. The lowest BCUT2D eigenvalue weighted by atomic mass is 10.1. The Morgan fingerprint density at radius 3 is 2.54 bits per heavy atom. The number of likely N-dealkylation sites (N-methyl/N-ethyl adjacent to an activating group) is 1. The van der Waals surface area contributed by atoms with Gasteiger partial charge < -0.3 is 16.2 Å². The Balaban J connectivity index is 2.04. The molecular formula is C16H14N4O5S. The fourth-order valence-corrected chi connectivity index (χ4v) is 3.90. The van der Waals surface area contributed by atoms with Gasteiger partial charge in [-0.2, -0.15) is 0 Å². The lowest BCUT2D eigenvalue weighted by molar-refractivity contribution is -0.113. The van der Waals surface area contributed by atoms with Crippen molar-refractivity contribution in [3.05, 3.63) is 59.4 Å². The lowest BCUT2D eigenvalue weighted by Crippen LogP contribution is -2.37. The maximum atomic E-state index is 12.6. The molecule has 0 atom stereocenters. The number of anilines is 1. The highest BCUT2D eigenvalue weighted by Crippen LogP contribution is 2.34. The van der Waals surface area contributed by atoms with Crippen molar-refractivity contribution < 1.29 is 23.1 Å². The first-order valence-electron chi connectivity index (χ1n) is 7.33. The van der Waals surface area contributed by atoms with Gasteiger partial charge in [0.25, 0.3) is 21.8 Å². The number of sulfonamides is 1. The van der Waals surface area contributed by atoms with Crippen molar-refractivity contribution in [2.45, 2.75) is 4.90 Å². The molecule has 26 heavy (non-hydrogen) atoms. The summed E-state index contributed by atoms with van der Waals surface area (Å²) in [5.74, 6) is -2.19. The summed E-state index contributed by atoms with van der Waals surface area (Å²) in [7, 11) is -2.85. The third-order valence-electron chi connectivity index (χ3n) is 3.78. The van der Waals surface area contributed by atoms with Crippen molar-refractivity contribution >= 4 is 33.4 Å². The molecule has 0 aliphatic carbocycles. The maximum Gasteiger partial charge on any atom is 0.277 e. The summed E-state index contributed by atoms with van der Waals surface area (Å²) in [6.07, 6.45) is 0. The summed E-state index contributed by atoms with van der Waals surface area (Å²) < 4.78 is 25.9. The molecule has 2 aromatic rings. The largest absolute Gasteiger partial charge is 0.505 e. The van der Waals surface area contributed by atoms with Gasteiger partial charge in [-0.25, -0.2) is 13.4 Å². The number of carbonyl (C=O) groups is 2. The van der Waals surface area contributed by atoms with Gasteiger partial charge in [-0.05, 0) is 24.3 Å². The average Bonchev–Trinajstić information content (AvgIpc) is 2.61. The third-order valence-corrected chi connectivity index (χ3v) is 5.59. The van der Waals surface area contributed by atoms with E-state index in [1.165, 1.54) is 36.4 Å². The minimum absolute atomic E-state index is 0.0174. The predicted octanol–water partition coefficient (Wildman–Crippen LogP) is 0.680. The van der Waals surface area contributed by atoms with Crippen LogP contribution < -0.4 is 11.1 Å².